The third-order valence-electron chi connectivity index (χ3n) is 6.33. The van der Waals surface area contributed by atoms with Gasteiger partial charge in [-0.3, -0.25) is 14.3 Å². The molecule has 2 aromatic rings. The summed E-state index contributed by atoms with van der Waals surface area (Å²) in [6, 6.07) is 1.76. The molecule has 0 aromatic carbocycles. The highest BCUT2D eigenvalue weighted by Crippen LogP contribution is 2.28. The van der Waals surface area contributed by atoms with Crippen LogP contribution in [-0.2, 0) is 47.1 Å². The SMILES string of the molecule is CC(C)(C)c1csc(NC(=O)C(C)(C)S(C)(=O)=O)n1.Cn1nc(C(C)(C)C)cc1NC(=O)C(C)(C)S(C)(=O)=O. The van der Waals surface area contributed by atoms with E-state index < -0.39 is 41.0 Å². The highest BCUT2D eigenvalue weighted by atomic mass is 32.2. The van der Waals surface area contributed by atoms with Crippen molar-refractivity contribution in [3.05, 3.63) is 22.8 Å². The molecule has 2 amide bonds. The number of aromatic nitrogens is 3. The van der Waals surface area contributed by atoms with Crippen molar-refractivity contribution in [3.63, 3.8) is 0 Å². The van der Waals surface area contributed by atoms with Gasteiger partial charge in [0, 0.05) is 41.8 Å². The molecule has 11 nitrogen and oxygen atoms in total. The third kappa shape index (κ3) is 8.58. The molecule has 2 rings (SSSR count). The summed E-state index contributed by atoms with van der Waals surface area (Å²) in [4.78, 5) is 28.5. The summed E-state index contributed by atoms with van der Waals surface area (Å²) in [5, 5.41) is 11.8. The number of carbonyl (C=O) groups is 2. The number of amides is 2. The lowest BCUT2D eigenvalue weighted by Gasteiger charge is -2.21. The fourth-order valence-corrected chi connectivity index (χ4v) is 4.19. The highest BCUT2D eigenvalue weighted by Gasteiger charge is 2.40. The van der Waals surface area contributed by atoms with E-state index in [0.717, 1.165) is 23.9 Å². The van der Waals surface area contributed by atoms with E-state index in [-0.39, 0.29) is 10.8 Å². The van der Waals surface area contributed by atoms with Gasteiger partial charge in [0.1, 0.15) is 15.3 Å². The maximum Gasteiger partial charge on any atom is 0.247 e. The third-order valence-corrected chi connectivity index (χ3v) is 11.2. The topological polar surface area (TPSA) is 157 Å². The zero-order chi connectivity index (χ0) is 31.0. The molecule has 0 aliphatic carbocycles. The van der Waals surface area contributed by atoms with Crippen LogP contribution in [0, 0.1) is 0 Å². The largest absolute Gasteiger partial charge is 0.310 e. The minimum Gasteiger partial charge on any atom is -0.310 e. The van der Waals surface area contributed by atoms with Crippen LogP contribution in [0.2, 0.25) is 0 Å². The fraction of sp³-hybridized carbons (Fsp3) is 0.680. The van der Waals surface area contributed by atoms with Crippen LogP contribution in [-0.4, -0.2) is 65.4 Å². The van der Waals surface area contributed by atoms with E-state index >= 15 is 0 Å². The van der Waals surface area contributed by atoms with Gasteiger partial charge in [0.05, 0.1) is 11.4 Å². The first-order valence-electron chi connectivity index (χ1n) is 12.1. The van der Waals surface area contributed by atoms with E-state index in [9.17, 15) is 26.4 Å². The maximum absolute atomic E-state index is 12.2. The zero-order valence-corrected chi connectivity index (χ0v) is 27.6. The maximum atomic E-state index is 12.2. The van der Waals surface area contributed by atoms with Gasteiger partial charge in [-0.05, 0) is 27.7 Å². The number of aryl methyl sites for hydroxylation is 1. The zero-order valence-electron chi connectivity index (χ0n) is 25.2. The molecule has 0 unspecified atom stereocenters. The van der Waals surface area contributed by atoms with Gasteiger partial charge in [-0.25, -0.2) is 21.8 Å². The van der Waals surface area contributed by atoms with Crippen LogP contribution in [0.1, 0.15) is 80.6 Å². The van der Waals surface area contributed by atoms with Crippen LogP contribution in [0.5, 0.6) is 0 Å². The predicted molar refractivity (Wildman–Crippen MR) is 158 cm³/mol. The second-order valence-corrected chi connectivity index (χ2v) is 18.5. The van der Waals surface area contributed by atoms with Gasteiger partial charge >= 0.3 is 0 Å². The Morgan fingerprint density at radius 3 is 1.51 bits per heavy atom. The Kier molecular flexibility index (Phi) is 10.0. The molecular weight excluding hydrogens is 563 g/mol. The number of nitrogens with one attached hydrogen (secondary N) is 2. The van der Waals surface area contributed by atoms with Crippen molar-refractivity contribution in [3.8, 4) is 0 Å². The van der Waals surface area contributed by atoms with E-state index in [4.69, 9.17) is 0 Å². The summed E-state index contributed by atoms with van der Waals surface area (Å²) in [5.74, 6) is -0.648. The molecule has 0 saturated heterocycles. The van der Waals surface area contributed by atoms with E-state index in [0.29, 0.717) is 10.9 Å². The predicted octanol–water partition coefficient (Wildman–Crippen LogP) is 3.68. The number of rotatable bonds is 6. The summed E-state index contributed by atoms with van der Waals surface area (Å²) in [7, 11) is -5.27. The van der Waals surface area contributed by atoms with E-state index in [1.807, 2.05) is 46.9 Å². The average Bonchev–Trinajstić information content (AvgIpc) is 3.33. The van der Waals surface area contributed by atoms with Crippen molar-refractivity contribution in [1.82, 2.24) is 14.8 Å². The Bertz CT molecular complexity index is 1420. The van der Waals surface area contributed by atoms with Crippen molar-refractivity contribution in [1.29, 1.82) is 0 Å². The summed E-state index contributed by atoms with van der Waals surface area (Å²) in [6.07, 6.45) is 2.10. The van der Waals surface area contributed by atoms with Crippen LogP contribution in [0.4, 0.5) is 10.9 Å². The number of nitrogens with zero attached hydrogens (tertiary/aromatic N) is 3. The Hall–Kier alpha value is -2.32. The molecule has 2 aromatic heterocycles. The Morgan fingerprint density at radius 2 is 1.18 bits per heavy atom. The number of sulfone groups is 2. The lowest BCUT2D eigenvalue weighted by atomic mass is 9.92. The van der Waals surface area contributed by atoms with Gasteiger partial charge < -0.3 is 10.6 Å². The smallest absolute Gasteiger partial charge is 0.247 e. The van der Waals surface area contributed by atoms with Gasteiger partial charge in [-0.15, -0.1) is 11.3 Å². The van der Waals surface area contributed by atoms with Gasteiger partial charge in [0.2, 0.25) is 11.8 Å². The van der Waals surface area contributed by atoms with Crippen molar-refractivity contribution >= 4 is 53.8 Å². The summed E-state index contributed by atoms with van der Waals surface area (Å²) < 4.78 is 45.0. The number of carbonyl (C=O) groups excluding carboxylic acids is 2. The van der Waals surface area contributed by atoms with Gasteiger partial charge in [0.25, 0.3) is 0 Å². The van der Waals surface area contributed by atoms with E-state index in [1.54, 1.807) is 13.1 Å². The van der Waals surface area contributed by atoms with Crippen molar-refractivity contribution in [2.45, 2.75) is 89.6 Å². The molecule has 0 aliphatic rings. The van der Waals surface area contributed by atoms with Crippen LogP contribution in [0.25, 0.3) is 0 Å². The van der Waals surface area contributed by atoms with Crippen molar-refractivity contribution in [2.24, 2.45) is 7.05 Å². The molecule has 0 radical (unpaired) electrons. The molecule has 0 atom stereocenters. The molecule has 0 fully saturated rings. The van der Waals surface area contributed by atoms with E-state index in [2.05, 4.69) is 20.7 Å². The number of thiazole rings is 1. The summed E-state index contributed by atoms with van der Waals surface area (Å²) in [6.45, 7) is 17.7. The molecule has 2 heterocycles. The fourth-order valence-electron chi connectivity index (χ4n) is 2.48. The summed E-state index contributed by atoms with van der Waals surface area (Å²) >= 11 is 1.29. The Balaban J connectivity index is 0.000000391. The molecular formula is C25H43N5O6S3. The van der Waals surface area contributed by atoms with Gasteiger partial charge in [-0.2, -0.15) is 5.10 Å². The highest BCUT2D eigenvalue weighted by molar-refractivity contribution is 7.93. The molecule has 222 valence electrons. The van der Waals surface area contributed by atoms with Crippen LogP contribution >= 0.6 is 11.3 Å². The first-order valence-corrected chi connectivity index (χ1v) is 16.8. The minimum atomic E-state index is -3.50. The Morgan fingerprint density at radius 1 is 0.769 bits per heavy atom. The number of anilines is 2. The van der Waals surface area contributed by atoms with Crippen molar-refractivity contribution in [2.75, 3.05) is 23.1 Å². The lowest BCUT2D eigenvalue weighted by molar-refractivity contribution is -0.118. The lowest BCUT2D eigenvalue weighted by Crippen LogP contribution is -2.44. The molecule has 0 bridgehead atoms. The van der Waals surface area contributed by atoms with E-state index in [1.165, 1.54) is 43.7 Å². The second-order valence-electron chi connectivity index (χ2n) is 12.5. The summed E-state index contributed by atoms with van der Waals surface area (Å²) in [5.41, 5.74) is 1.44. The van der Waals surface area contributed by atoms with Crippen LogP contribution in [0.15, 0.2) is 11.4 Å². The molecule has 39 heavy (non-hydrogen) atoms. The first-order chi connectivity index (χ1) is 17.1. The average molecular weight is 606 g/mol. The van der Waals surface area contributed by atoms with Gasteiger partial charge in [-0.1, -0.05) is 41.5 Å². The molecule has 14 heteroatoms. The molecule has 0 spiro atoms. The molecule has 2 N–H and O–H groups in total. The quantitative estimate of drug-likeness (QED) is 0.505. The standard InChI is InChI=1S/C13H23N3O3S.C12H20N2O3S2/c1-12(2,3)9-8-10(16(6)15-9)14-11(17)13(4,5)20(7,18)19;1-11(2,3)8-7-18-10(13-8)14-9(15)12(4,5)19(6,16)17/h8H,1-7H3,(H,14,17);7H,1-6H3,(H,13,14,15). The van der Waals surface area contributed by atoms with Crippen LogP contribution < -0.4 is 10.6 Å². The first kappa shape index (κ1) is 34.7. The normalized spacial score (nSPS) is 13.4. The monoisotopic (exact) mass is 605 g/mol. The molecule has 0 aliphatic heterocycles. The molecule has 0 saturated carbocycles. The Labute approximate surface area is 237 Å². The minimum absolute atomic E-state index is 0.105. The van der Waals surface area contributed by atoms with Crippen molar-refractivity contribution < 1.29 is 26.4 Å². The van der Waals surface area contributed by atoms with Crippen LogP contribution in [0.3, 0.4) is 0 Å². The van der Waals surface area contributed by atoms with Gasteiger partial charge in [0.15, 0.2) is 24.8 Å². The second kappa shape index (κ2) is 11.3. The number of hydrogen-bond acceptors (Lipinski definition) is 9. The number of hydrogen-bond donors (Lipinski definition) is 2.